The van der Waals surface area contributed by atoms with Gasteiger partial charge in [0.05, 0.1) is 11.0 Å². The van der Waals surface area contributed by atoms with E-state index >= 15 is 0 Å². The van der Waals surface area contributed by atoms with E-state index in [1.165, 1.54) is 0 Å². The molecule has 0 N–H and O–H groups in total. The third-order valence-electron chi connectivity index (χ3n) is 1.30. The van der Waals surface area contributed by atoms with Crippen LogP contribution >= 0.6 is 0 Å². The van der Waals surface area contributed by atoms with Crippen molar-refractivity contribution in [3.05, 3.63) is 12.2 Å². The van der Waals surface area contributed by atoms with E-state index in [1.807, 2.05) is 0 Å². The molecule has 0 amide bonds. The summed E-state index contributed by atoms with van der Waals surface area (Å²) in [7, 11) is -2.74. The van der Waals surface area contributed by atoms with Crippen molar-refractivity contribution in [3.63, 3.8) is 0 Å². The van der Waals surface area contributed by atoms with Crippen molar-refractivity contribution in [2.24, 2.45) is 0 Å². The molecule has 0 spiro atoms. The fraction of sp³-hybridized carbons (Fsp3) is 0.600. The third-order valence-corrected chi connectivity index (χ3v) is 3.25. The molecule has 0 saturated carbocycles. The van der Waals surface area contributed by atoms with Crippen LogP contribution in [-0.4, -0.2) is 19.4 Å². The Morgan fingerprint density at radius 3 is 2.38 bits per heavy atom. The molecule has 8 heavy (non-hydrogen) atoms. The Labute approximate surface area is 49.1 Å². The molecule has 0 bridgehead atoms. The van der Waals surface area contributed by atoms with Gasteiger partial charge < -0.3 is 0 Å². The maximum absolute atomic E-state index is 10.7. The molecular weight excluding hydrogens is 124 g/mol. The summed E-state index contributed by atoms with van der Waals surface area (Å²) in [6.07, 6.45) is 3.41. The Morgan fingerprint density at radius 2 is 2.25 bits per heavy atom. The molecule has 0 aromatic carbocycles. The monoisotopic (exact) mass is 132 g/mol. The molecule has 0 fully saturated rings. The largest absolute Gasteiger partial charge is 0.228 e. The lowest BCUT2D eigenvalue weighted by molar-refractivity contribution is 0.596. The van der Waals surface area contributed by atoms with E-state index in [1.54, 1.807) is 19.1 Å². The minimum atomic E-state index is -2.74. The first-order chi connectivity index (χ1) is 3.63. The summed E-state index contributed by atoms with van der Waals surface area (Å²) in [5.41, 5.74) is 0. The maximum Gasteiger partial charge on any atom is 0.159 e. The molecule has 1 rings (SSSR count). The molecule has 1 aliphatic heterocycles. The third kappa shape index (κ3) is 0.777. The van der Waals surface area contributed by atoms with Crippen LogP contribution in [0, 0.1) is 0 Å². The molecule has 1 aliphatic rings. The minimum absolute atomic E-state index is 0.230. The second-order valence-corrected chi connectivity index (χ2v) is 4.37. The van der Waals surface area contributed by atoms with Crippen molar-refractivity contribution in [1.29, 1.82) is 0 Å². The zero-order valence-electron chi connectivity index (χ0n) is 4.66. The van der Waals surface area contributed by atoms with E-state index in [4.69, 9.17) is 0 Å². The van der Waals surface area contributed by atoms with E-state index in [0.29, 0.717) is 0 Å². The lowest BCUT2D eigenvalue weighted by atomic mass is 10.4. The van der Waals surface area contributed by atoms with Gasteiger partial charge in [0.2, 0.25) is 0 Å². The van der Waals surface area contributed by atoms with Crippen LogP contribution in [0.2, 0.25) is 0 Å². The second kappa shape index (κ2) is 1.58. The van der Waals surface area contributed by atoms with Gasteiger partial charge in [-0.1, -0.05) is 12.2 Å². The lowest BCUT2D eigenvalue weighted by Crippen LogP contribution is -2.11. The first-order valence-corrected chi connectivity index (χ1v) is 4.23. The summed E-state index contributed by atoms with van der Waals surface area (Å²) in [6, 6.07) is 0. The number of rotatable bonds is 0. The Balaban J connectivity index is 2.96. The molecule has 1 heterocycles. The van der Waals surface area contributed by atoms with E-state index in [9.17, 15) is 8.42 Å². The topological polar surface area (TPSA) is 34.1 Å². The smallest absolute Gasteiger partial charge is 0.159 e. The Bertz CT molecular complexity index is 200. The van der Waals surface area contributed by atoms with Crippen LogP contribution in [0.4, 0.5) is 0 Å². The van der Waals surface area contributed by atoms with Crippen LogP contribution in [0.15, 0.2) is 12.2 Å². The highest BCUT2D eigenvalue weighted by atomic mass is 32.2. The van der Waals surface area contributed by atoms with Crippen molar-refractivity contribution < 1.29 is 8.42 Å². The van der Waals surface area contributed by atoms with Crippen molar-refractivity contribution in [3.8, 4) is 0 Å². The Morgan fingerprint density at radius 1 is 1.62 bits per heavy atom. The highest BCUT2D eigenvalue weighted by molar-refractivity contribution is 7.92. The van der Waals surface area contributed by atoms with Crippen LogP contribution in [0.5, 0.6) is 0 Å². The van der Waals surface area contributed by atoms with Crippen molar-refractivity contribution in [1.82, 2.24) is 0 Å². The number of sulfone groups is 1. The molecule has 0 saturated heterocycles. The van der Waals surface area contributed by atoms with Gasteiger partial charge in [0.15, 0.2) is 9.84 Å². The molecule has 3 heteroatoms. The molecule has 0 aromatic rings. The lowest BCUT2D eigenvalue weighted by Gasteiger charge is -1.95. The summed E-state index contributed by atoms with van der Waals surface area (Å²) in [5, 5.41) is -0.248. The standard InChI is InChI=1S/C5H8O2S/c1-5-3-2-4-8(5,6)7/h2-3,5H,4H2,1H3. The molecular formula is C5H8O2S. The van der Waals surface area contributed by atoms with E-state index in [0.717, 1.165) is 0 Å². The molecule has 0 radical (unpaired) electrons. The predicted molar refractivity (Wildman–Crippen MR) is 32.4 cm³/mol. The fourth-order valence-corrected chi connectivity index (χ4v) is 1.69. The van der Waals surface area contributed by atoms with Gasteiger partial charge in [0, 0.05) is 0 Å². The zero-order chi connectivity index (χ0) is 6.20. The number of hydrogen-bond donors (Lipinski definition) is 0. The highest BCUT2D eigenvalue weighted by Crippen LogP contribution is 2.10. The van der Waals surface area contributed by atoms with Crippen LogP contribution in [0.1, 0.15) is 6.92 Å². The van der Waals surface area contributed by atoms with Crippen LogP contribution in [0.25, 0.3) is 0 Å². The average molecular weight is 132 g/mol. The average Bonchev–Trinajstić information content (AvgIpc) is 1.86. The maximum atomic E-state index is 10.7. The normalized spacial score (nSPS) is 33.4. The summed E-state index contributed by atoms with van der Waals surface area (Å²) < 4.78 is 21.4. The quantitative estimate of drug-likeness (QED) is 0.446. The van der Waals surface area contributed by atoms with Crippen LogP contribution in [-0.2, 0) is 9.84 Å². The van der Waals surface area contributed by atoms with Gasteiger partial charge in [-0.3, -0.25) is 0 Å². The van der Waals surface area contributed by atoms with Gasteiger partial charge in [-0.15, -0.1) is 0 Å². The molecule has 46 valence electrons. The molecule has 0 aromatic heterocycles. The van der Waals surface area contributed by atoms with Gasteiger partial charge >= 0.3 is 0 Å². The molecule has 2 nitrogen and oxygen atoms in total. The van der Waals surface area contributed by atoms with Crippen molar-refractivity contribution >= 4 is 9.84 Å². The minimum Gasteiger partial charge on any atom is -0.228 e. The molecule has 1 atom stereocenters. The van der Waals surface area contributed by atoms with Crippen LogP contribution in [0.3, 0.4) is 0 Å². The Kier molecular flexibility index (Phi) is 1.15. The fourth-order valence-electron chi connectivity index (χ4n) is 0.653. The van der Waals surface area contributed by atoms with E-state index in [2.05, 4.69) is 0 Å². The zero-order valence-corrected chi connectivity index (χ0v) is 5.48. The van der Waals surface area contributed by atoms with Gasteiger partial charge in [0.1, 0.15) is 0 Å². The first kappa shape index (κ1) is 5.82. The molecule has 0 aliphatic carbocycles. The van der Waals surface area contributed by atoms with E-state index < -0.39 is 9.84 Å². The summed E-state index contributed by atoms with van der Waals surface area (Å²) in [4.78, 5) is 0. The Hall–Kier alpha value is -0.310. The summed E-state index contributed by atoms with van der Waals surface area (Å²) in [6.45, 7) is 1.69. The van der Waals surface area contributed by atoms with Crippen molar-refractivity contribution in [2.45, 2.75) is 12.2 Å². The highest BCUT2D eigenvalue weighted by Gasteiger charge is 2.20. The van der Waals surface area contributed by atoms with Gasteiger partial charge in [-0.2, -0.15) is 0 Å². The van der Waals surface area contributed by atoms with Gasteiger partial charge in [0.25, 0.3) is 0 Å². The van der Waals surface area contributed by atoms with Crippen LogP contribution < -0.4 is 0 Å². The van der Waals surface area contributed by atoms with Gasteiger partial charge in [-0.05, 0) is 6.92 Å². The summed E-state index contributed by atoms with van der Waals surface area (Å²) in [5.74, 6) is 0.230. The van der Waals surface area contributed by atoms with Gasteiger partial charge in [-0.25, -0.2) is 8.42 Å². The SMILES string of the molecule is CC1C=CCS1(=O)=O. The molecule has 1 unspecified atom stereocenters. The first-order valence-electron chi connectivity index (χ1n) is 2.51. The predicted octanol–water partition coefficient (Wildman–Crippen LogP) is 0.360. The number of hydrogen-bond acceptors (Lipinski definition) is 2. The van der Waals surface area contributed by atoms with E-state index in [-0.39, 0.29) is 11.0 Å². The van der Waals surface area contributed by atoms with Crippen molar-refractivity contribution in [2.75, 3.05) is 5.75 Å². The summed E-state index contributed by atoms with van der Waals surface area (Å²) >= 11 is 0. The second-order valence-electron chi connectivity index (χ2n) is 1.96.